The van der Waals surface area contributed by atoms with Crippen molar-refractivity contribution < 1.29 is 66.2 Å². The van der Waals surface area contributed by atoms with E-state index < -0.39 is 60.2 Å². The molecule has 1 aliphatic heterocycles. The highest BCUT2D eigenvalue weighted by Gasteiger charge is 2.47. The van der Waals surface area contributed by atoms with Gasteiger partial charge in [-0.1, -0.05) is 0 Å². The molecule has 21 nitrogen and oxygen atoms in total. The lowest BCUT2D eigenvalue weighted by Crippen LogP contribution is -2.33. The van der Waals surface area contributed by atoms with Crippen molar-refractivity contribution in [2.24, 2.45) is 0 Å². The normalized spacial score (nSPS) is 24.2. The maximum atomic E-state index is 12.5. The van der Waals surface area contributed by atoms with E-state index in [1.807, 2.05) is 0 Å². The number of phosphoric acid groups is 3. The van der Waals surface area contributed by atoms with E-state index >= 15 is 0 Å². The number of amides is 1. The summed E-state index contributed by atoms with van der Waals surface area (Å²) < 4.78 is 52.4. The van der Waals surface area contributed by atoms with Crippen molar-refractivity contribution in [3.8, 4) is 0 Å². The number of fused-ring (bicyclic) bond motifs is 1. The van der Waals surface area contributed by atoms with E-state index in [1.165, 1.54) is 0 Å². The third-order valence-corrected chi connectivity index (χ3v) is 9.19. The zero-order chi connectivity index (χ0) is 30.6. The summed E-state index contributed by atoms with van der Waals surface area (Å²) in [5, 5.41) is 26.4. The second-order valence-corrected chi connectivity index (χ2v) is 13.1. The summed E-state index contributed by atoms with van der Waals surface area (Å²) in [7, 11) is -16.9. The number of aromatic nitrogens is 4. The molecule has 2 aromatic heterocycles. The van der Waals surface area contributed by atoms with Crippen LogP contribution in [0.25, 0.3) is 11.2 Å². The van der Waals surface area contributed by atoms with Crippen LogP contribution in [0, 0.1) is 0 Å². The minimum atomic E-state index is -5.77. The number of imidazole rings is 1. The number of aliphatic hydroxyl groups excluding tert-OH is 2. The number of H-pyrrole nitrogens is 1. The van der Waals surface area contributed by atoms with Crippen molar-refractivity contribution in [1.29, 1.82) is 0 Å². The Kier molecular flexibility index (Phi) is 11.3. The summed E-state index contributed by atoms with van der Waals surface area (Å²) in [5.74, 6) is 0.270. The Bertz CT molecular complexity index is 1430. The minimum Gasteiger partial charge on any atom is -0.387 e. The van der Waals surface area contributed by atoms with E-state index in [-0.39, 0.29) is 29.4 Å². The van der Waals surface area contributed by atoms with E-state index in [9.17, 15) is 43.3 Å². The summed E-state index contributed by atoms with van der Waals surface area (Å²) in [4.78, 5) is 70.6. The van der Waals surface area contributed by atoms with Crippen LogP contribution in [0.1, 0.15) is 19.1 Å². The van der Waals surface area contributed by atoms with Gasteiger partial charge in [0.25, 0.3) is 5.56 Å². The van der Waals surface area contributed by atoms with Gasteiger partial charge >= 0.3 is 23.5 Å². The van der Waals surface area contributed by atoms with Gasteiger partial charge in [-0.05, 0) is 12.2 Å². The van der Waals surface area contributed by atoms with Gasteiger partial charge in [-0.15, -0.1) is 0 Å². The summed E-state index contributed by atoms with van der Waals surface area (Å²) in [5.41, 5.74) is -0.893. The Morgan fingerprint density at radius 3 is 2.49 bits per heavy atom. The third kappa shape index (κ3) is 9.63. The Labute approximate surface area is 235 Å². The van der Waals surface area contributed by atoms with Gasteiger partial charge in [0.05, 0.1) is 12.9 Å². The quantitative estimate of drug-likeness (QED) is 0.0575. The highest BCUT2D eigenvalue weighted by Crippen LogP contribution is 2.66. The van der Waals surface area contributed by atoms with Crippen molar-refractivity contribution in [1.82, 2.24) is 24.8 Å². The predicted octanol–water partition coefficient (Wildman–Crippen LogP) is -1.68. The van der Waals surface area contributed by atoms with Crippen molar-refractivity contribution >= 4 is 59.1 Å². The van der Waals surface area contributed by atoms with E-state index in [2.05, 4.69) is 51.4 Å². The van der Waals surface area contributed by atoms with Gasteiger partial charge < -0.3 is 45.2 Å². The van der Waals surface area contributed by atoms with Crippen molar-refractivity contribution in [3.05, 3.63) is 16.7 Å². The molecular weight excluding hydrogens is 641 g/mol. The zero-order valence-electron chi connectivity index (χ0n) is 20.6. The minimum absolute atomic E-state index is 0.0168. The van der Waals surface area contributed by atoms with Crippen LogP contribution in [0.2, 0.25) is 0 Å². The largest absolute Gasteiger partial charge is 0.490 e. The molecule has 0 bridgehead atoms. The number of hydrogen-bond acceptors (Lipinski definition) is 15. The molecule has 232 valence electrons. The monoisotopic (exact) mass is 668 g/mol. The van der Waals surface area contributed by atoms with E-state index in [0.29, 0.717) is 25.3 Å². The van der Waals surface area contributed by atoms with Crippen LogP contribution in [-0.2, 0) is 36.4 Å². The first-order valence-corrected chi connectivity index (χ1v) is 16.6. The van der Waals surface area contributed by atoms with Crippen LogP contribution in [-0.4, -0.2) is 99.0 Å². The lowest BCUT2D eigenvalue weighted by molar-refractivity contribution is -0.120. The van der Waals surface area contributed by atoms with Gasteiger partial charge in [0.15, 0.2) is 17.4 Å². The highest BCUT2D eigenvalue weighted by atomic mass is 32.1. The van der Waals surface area contributed by atoms with Crippen LogP contribution in [0.3, 0.4) is 0 Å². The zero-order valence-corrected chi connectivity index (χ0v) is 24.2. The van der Waals surface area contributed by atoms with Crippen LogP contribution >= 0.6 is 36.1 Å². The third-order valence-electron chi connectivity index (χ3n) is 5.17. The first kappa shape index (κ1) is 33.8. The topological polar surface area (TPSA) is 314 Å². The van der Waals surface area contributed by atoms with Crippen LogP contribution in [0.5, 0.6) is 0 Å². The summed E-state index contributed by atoms with van der Waals surface area (Å²) in [6.45, 7) is -0.379. The Hall–Kier alpha value is -1.74. The molecule has 0 aromatic carbocycles. The fraction of sp³-hybridized carbons (Fsp3) is 0.625. The molecule has 9 N–H and O–H groups in total. The smallest absolute Gasteiger partial charge is 0.387 e. The molecule has 1 fully saturated rings. The van der Waals surface area contributed by atoms with Crippen LogP contribution in [0.4, 0.5) is 5.95 Å². The number of carbonyl (C=O) groups excluding carboxylic acids is 1. The van der Waals surface area contributed by atoms with Crippen molar-refractivity contribution in [2.75, 3.05) is 30.8 Å². The van der Waals surface area contributed by atoms with Gasteiger partial charge in [-0.3, -0.25) is 23.7 Å². The molecule has 1 amide bonds. The molecule has 0 saturated carbocycles. The number of aromatic amines is 1. The van der Waals surface area contributed by atoms with Crippen LogP contribution < -0.4 is 16.2 Å². The maximum Gasteiger partial charge on any atom is 0.490 e. The number of anilines is 1. The average Bonchev–Trinajstić information content (AvgIpc) is 3.36. The van der Waals surface area contributed by atoms with Gasteiger partial charge in [0.2, 0.25) is 11.9 Å². The summed E-state index contributed by atoms with van der Waals surface area (Å²) in [6.07, 6.45) is -4.67. The Morgan fingerprint density at radius 2 is 1.83 bits per heavy atom. The molecule has 0 spiro atoms. The molecule has 41 heavy (non-hydrogen) atoms. The van der Waals surface area contributed by atoms with E-state index in [0.717, 1.165) is 10.9 Å². The molecule has 6 atom stereocenters. The van der Waals surface area contributed by atoms with Crippen LogP contribution in [0.15, 0.2) is 11.1 Å². The predicted molar refractivity (Wildman–Crippen MR) is 138 cm³/mol. The van der Waals surface area contributed by atoms with Crippen molar-refractivity contribution in [3.63, 3.8) is 0 Å². The number of ether oxygens (including phenoxy) is 1. The maximum absolute atomic E-state index is 12.5. The number of hydrogen-bond donors (Lipinski definition) is 10. The highest BCUT2D eigenvalue weighted by molar-refractivity contribution is 7.80. The number of thiol groups is 1. The number of nitrogens with one attached hydrogen (secondary N) is 3. The molecule has 0 aliphatic carbocycles. The molecule has 3 heterocycles. The number of aliphatic hydroxyl groups is 2. The Balaban J connectivity index is 1.66. The van der Waals surface area contributed by atoms with Gasteiger partial charge in [-0.2, -0.15) is 26.2 Å². The average molecular weight is 668 g/mol. The molecular formula is C16H27N6O15P3S. The number of phosphoric ester groups is 1. The lowest BCUT2D eigenvalue weighted by Gasteiger charge is -2.19. The van der Waals surface area contributed by atoms with E-state index in [1.54, 1.807) is 0 Å². The standard InChI is InChI=1S/C16H27N6O15P3S/c23-9(2-5-41)17-3-1-4-18-16-20-13-10(14(26)21-16)19-7-22(13)15-12(25)11(24)8(35-15)6-34-39(30,31)37-40(32,33)36-38(27,28)29/h7-8,11-12,15,24-25,41H,1-6H2,(H,17,23)(H,30,31)(H,32,33)(H2,27,28,29)(H2,18,20,21,26)/t8-,11-,12-,15-/m1/s1. The number of rotatable bonds is 15. The number of nitrogens with zero attached hydrogens (tertiary/aromatic N) is 3. The molecule has 1 saturated heterocycles. The lowest BCUT2D eigenvalue weighted by atomic mass is 10.1. The van der Waals surface area contributed by atoms with Gasteiger partial charge in [-0.25, -0.2) is 18.7 Å². The first-order chi connectivity index (χ1) is 19.0. The summed E-state index contributed by atoms with van der Waals surface area (Å²) >= 11 is 3.97. The molecule has 2 aromatic rings. The van der Waals surface area contributed by atoms with E-state index in [4.69, 9.17) is 14.5 Å². The first-order valence-electron chi connectivity index (χ1n) is 11.4. The Morgan fingerprint density at radius 1 is 1.12 bits per heavy atom. The fourth-order valence-corrected chi connectivity index (χ4v) is 6.71. The second-order valence-electron chi connectivity index (χ2n) is 8.28. The van der Waals surface area contributed by atoms with Gasteiger partial charge in [0.1, 0.15) is 18.3 Å². The van der Waals surface area contributed by atoms with Gasteiger partial charge in [0, 0.05) is 19.5 Å². The molecule has 2 unspecified atom stereocenters. The number of carbonyl (C=O) groups is 1. The SMILES string of the molecule is O=C(CCS)NCCCNc1nc2c(ncn2[C@@H]2O[C@H](COP(=O)(O)OP(=O)(O)OP(=O)(O)O)[C@@H](O)[C@H]2O)c(=O)[nH]1. The molecule has 1 aliphatic rings. The molecule has 0 radical (unpaired) electrons. The molecule has 25 heteroatoms. The second kappa shape index (κ2) is 13.7. The fourth-order valence-electron chi connectivity index (χ4n) is 3.48. The van der Waals surface area contributed by atoms with Crippen molar-refractivity contribution in [2.45, 2.75) is 37.4 Å². The summed E-state index contributed by atoms with van der Waals surface area (Å²) in [6, 6.07) is 0. The molecule has 3 rings (SSSR count).